The highest BCUT2D eigenvalue weighted by Gasteiger charge is 2.46. The number of nitriles is 1. The summed E-state index contributed by atoms with van der Waals surface area (Å²) in [6.45, 7) is 2.03. The summed E-state index contributed by atoms with van der Waals surface area (Å²) in [4.78, 5) is 52.6. The number of nitrogens with zero attached hydrogens (tertiary/aromatic N) is 6. The van der Waals surface area contributed by atoms with Crippen molar-refractivity contribution in [3.05, 3.63) is 40.7 Å². The van der Waals surface area contributed by atoms with Gasteiger partial charge in [0, 0.05) is 50.6 Å². The summed E-state index contributed by atoms with van der Waals surface area (Å²) < 4.78 is 5.58. The summed E-state index contributed by atoms with van der Waals surface area (Å²) in [6.07, 6.45) is 6.73. The first kappa shape index (κ1) is 27.1. The Labute approximate surface area is 238 Å². The Kier molecular flexibility index (Phi) is 7.32. The van der Waals surface area contributed by atoms with Gasteiger partial charge in [-0.05, 0) is 56.7 Å². The maximum absolute atomic E-state index is 13.6. The summed E-state index contributed by atoms with van der Waals surface area (Å²) in [5, 5.41) is 15.9. The van der Waals surface area contributed by atoms with Crippen molar-refractivity contribution < 1.29 is 19.1 Å². The first-order chi connectivity index (χ1) is 19.9. The number of hydrogen-bond donors (Lipinski definition) is 2. The third-order valence-electron chi connectivity index (χ3n) is 8.85. The van der Waals surface area contributed by atoms with E-state index in [-0.39, 0.29) is 41.7 Å². The number of carbonyl (C=O) groups excluding carboxylic acids is 3. The number of aldehydes is 1. The molecule has 3 amide bonds. The number of nitrogens with one attached hydrogen (secondary N) is 2. The van der Waals surface area contributed by atoms with Gasteiger partial charge in [-0.15, -0.1) is 0 Å². The SMILES string of the molecule is COC1CCCC1Nc1cc(NC(=O)N2c3nc(C=O)c(CN4CCN(C)CC4=O)cc3C3CC2C3)ncc1C#N. The van der Waals surface area contributed by atoms with Gasteiger partial charge in [-0.3, -0.25) is 24.7 Å². The molecule has 2 aliphatic carbocycles. The van der Waals surface area contributed by atoms with E-state index >= 15 is 0 Å². The van der Waals surface area contributed by atoms with Gasteiger partial charge in [0.25, 0.3) is 0 Å². The van der Waals surface area contributed by atoms with Crippen molar-refractivity contribution >= 4 is 35.5 Å². The Balaban J connectivity index is 1.23. The minimum atomic E-state index is -0.389. The second-order valence-electron chi connectivity index (χ2n) is 11.4. The molecule has 0 aromatic carbocycles. The number of urea groups is 1. The molecule has 12 heteroatoms. The van der Waals surface area contributed by atoms with E-state index in [1.165, 1.54) is 6.20 Å². The number of ether oxygens (including phenoxy) is 1. The van der Waals surface area contributed by atoms with Crippen LogP contribution in [0.1, 0.15) is 65.2 Å². The lowest BCUT2D eigenvalue weighted by atomic mass is 9.71. The number of anilines is 3. The molecule has 12 nitrogen and oxygen atoms in total. The predicted molar refractivity (Wildman–Crippen MR) is 151 cm³/mol. The van der Waals surface area contributed by atoms with E-state index in [9.17, 15) is 19.6 Å². The quantitative estimate of drug-likeness (QED) is 0.490. The average molecular weight is 559 g/mol. The van der Waals surface area contributed by atoms with Crippen LogP contribution < -0.4 is 15.5 Å². The van der Waals surface area contributed by atoms with Crippen LogP contribution in [0.4, 0.5) is 22.1 Å². The number of hydrogen-bond acceptors (Lipinski definition) is 9. The fourth-order valence-corrected chi connectivity index (χ4v) is 6.46. The number of aromatic nitrogens is 2. The summed E-state index contributed by atoms with van der Waals surface area (Å²) in [5.41, 5.74) is 2.85. The molecule has 2 saturated carbocycles. The van der Waals surface area contributed by atoms with E-state index in [4.69, 9.17) is 4.74 Å². The van der Waals surface area contributed by atoms with Crippen LogP contribution in [-0.4, -0.2) is 90.0 Å². The van der Waals surface area contributed by atoms with E-state index in [2.05, 4.69) is 26.7 Å². The molecular formula is C29H34N8O4. The first-order valence-electron chi connectivity index (χ1n) is 14.1. The van der Waals surface area contributed by atoms with E-state index in [1.54, 1.807) is 23.0 Å². The van der Waals surface area contributed by atoms with Gasteiger partial charge in [0.15, 0.2) is 6.29 Å². The molecule has 2 unspecified atom stereocenters. The van der Waals surface area contributed by atoms with Crippen molar-refractivity contribution in [1.82, 2.24) is 19.8 Å². The molecule has 0 spiro atoms. The van der Waals surface area contributed by atoms with E-state index in [0.29, 0.717) is 54.4 Å². The van der Waals surface area contributed by atoms with Crippen molar-refractivity contribution in [1.29, 1.82) is 5.26 Å². The van der Waals surface area contributed by atoms with Crippen molar-refractivity contribution in [3.63, 3.8) is 0 Å². The summed E-state index contributed by atoms with van der Waals surface area (Å²) in [7, 11) is 3.60. The van der Waals surface area contributed by atoms with Gasteiger partial charge in [-0.1, -0.05) is 0 Å². The average Bonchev–Trinajstić information content (AvgIpc) is 3.40. The molecule has 2 N–H and O–H groups in total. The molecule has 1 saturated heterocycles. The monoisotopic (exact) mass is 558 g/mol. The van der Waals surface area contributed by atoms with Gasteiger partial charge in [-0.2, -0.15) is 5.26 Å². The smallest absolute Gasteiger partial charge is 0.328 e. The topological polar surface area (TPSA) is 144 Å². The number of rotatable bonds is 7. The van der Waals surface area contributed by atoms with E-state index < -0.39 is 0 Å². The highest BCUT2D eigenvalue weighted by molar-refractivity contribution is 6.03. The lowest BCUT2D eigenvalue weighted by Gasteiger charge is -2.49. The fourth-order valence-electron chi connectivity index (χ4n) is 6.46. The molecular weight excluding hydrogens is 524 g/mol. The van der Waals surface area contributed by atoms with E-state index in [1.807, 2.05) is 18.0 Å². The highest BCUT2D eigenvalue weighted by Crippen LogP contribution is 2.50. The van der Waals surface area contributed by atoms with Crippen molar-refractivity contribution in [3.8, 4) is 6.07 Å². The molecule has 2 atom stereocenters. The normalized spacial score (nSPS) is 25.2. The van der Waals surface area contributed by atoms with Gasteiger partial charge in [0.1, 0.15) is 23.4 Å². The molecule has 41 heavy (non-hydrogen) atoms. The summed E-state index contributed by atoms with van der Waals surface area (Å²) in [5.74, 6) is 1.07. The summed E-state index contributed by atoms with van der Waals surface area (Å²) in [6, 6.07) is 5.45. The Morgan fingerprint density at radius 1 is 1.27 bits per heavy atom. The molecule has 3 aliphatic heterocycles. The lowest BCUT2D eigenvalue weighted by molar-refractivity contribution is -0.136. The van der Waals surface area contributed by atoms with Gasteiger partial charge in [0.2, 0.25) is 5.91 Å². The Morgan fingerprint density at radius 3 is 2.83 bits per heavy atom. The van der Waals surface area contributed by atoms with Crippen LogP contribution in [0, 0.1) is 11.3 Å². The molecule has 5 heterocycles. The van der Waals surface area contributed by atoms with Gasteiger partial charge >= 0.3 is 6.03 Å². The van der Waals surface area contributed by atoms with Crippen molar-refractivity contribution in [2.45, 2.75) is 62.8 Å². The molecule has 214 valence electrons. The molecule has 2 aromatic heterocycles. The van der Waals surface area contributed by atoms with Crippen LogP contribution in [0.25, 0.3) is 0 Å². The number of carbonyl (C=O) groups is 3. The van der Waals surface area contributed by atoms with Gasteiger partial charge < -0.3 is 15.0 Å². The van der Waals surface area contributed by atoms with Crippen LogP contribution in [0.15, 0.2) is 18.3 Å². The second-order valence-corrected chi connectivity index (χ2v) is 11.4. The van der Waals surface area contributed by atoms with Crippen molar-refractivity contribution in [2.75, 3.05) is 49.3 Å². The molecule has 0 radical (unpaired) electrons. The van der Waals surface area contributed by atoms with Crippen LogP contribution >= 0.6 is 0 Å². The molecule has 2 aromatic rings. The molecule has 7 rings (SSSR count). The maximum Gasteiger partial charge on any atom is 0.328 e. The number of methoxy groups -OCH3 is 1. The number of piperazine rings is 1. The van der Waals surface area contributed by atoms with Crippen LogP contribution in [0.2, 0.25) is 0 Å². The van der Waals surface area contributed by atoms with Crippen LogP contribution in [-0.2, 0) is 16.1 Å². The zero-order valence-corrected chi connectivity index (χ0v) is 23.3. The fraction of sp³-hybridized carbons (Fsp3) is 0.517. The largest absolute Gasteiger partial charge is 0.379 e. The number of pyridine rings is 2. The highest BCUT2D eigenvalue weighted by atomic mass is 16.5. The predicted octanol–water partition coefficient (Wildman–Crippen LogP) is 2.71. The zero-order valence-electron chi connectivity index (χ0n) is 23.3. The first-order valence-corrected chi connectivity index (χ1v) is 14.1. The molecule has 3 fully saturated rings. The number of likely N-dealkylation sites (N-methyl/N-ethyl adjacent to an activating group) is 1. The van der Waals surface area contributed by atoms with Gasteiger partial charge in [-0.25, -0.2) is 14.8 Å². The van der Waals surface area contributed by atoms with Crippen LogP contribution in [0.3, 0.4) is 0 Å². The Bertz CT molecular complexity index is 1420. The third kappa shape index (κ3) is 5.11. The van der Waals surface area contributed by atoms with E-state index in [0.717, 1.165) is 44.2 Å². The minimum absolute atomic E-state index is 0.0208. The molecule has 5 aliphatic rings. The second kappa shape index (κ2) is 11.1. The van der Waals surface area contributed by atoms with Crippen LogP contribution in [0.5, 0.6) is 0 Å². The van der Waals surface area contributed by atoms with Crippen molar-refractivity contribution in [2.24, 2.45) is 0 Å². The number of amides is 3. The Hall–Kier alpha value is -4.08. The van der Waals surface area contributed by atoms with Gasteiger partial charge in [0.05, 0.1) is 29.9 Å². The maximum atomic E-state index is 13.6. The minimum Gasteiger partial charge on any atom is -0.379 e. The summed E-state index contributed by atoms with van der Waals surface area (Å²) >= 11 is 0. The molecule has 2 bridgehead atoms. The standard InChI is InChI=1S/C29H34N8O4/c1-35-6-7-36(27(39)15-35)14-18-10-21-17-8-20(9-17)37(28(21)33-24(18)16-38)29(40)34-26-11-23(19(12-30)13-31-26)32-22-4-3-5-25(22)41-2/h10-11,13,16-17,20,22,25H,3-9,14-15H2,1-2H3,(H2,31,32,34,40). The lowest BCUT2D eigenvalue weighted by Crippen LogP contribution is -2.54. The zero-order chi connectivity index (χ0) is 28.7. The Morgan fingerprint density at radius 2 is 2.10 bits per heavy atom. The third-order valence-corrected chi connectivity index (χ3v) is 8.85.